The summed E-state index contributed by atoms with van der Waals surface area (Å²) >= 11 is 0. The van der Waals surface area contributed by atoms with Gasteiger partial charge in [0.1, 0.15) is 5.75 Å². The summed E-state index contributed by atoms with van der Waals surface area (Å²) in [5.41, 5.74) is 1.04. The molecule has 112 valence electrons. The van der Waals surface area contributed by atoms with Gasteiger partial charge in [0.05, 0.1) is 12.1 Å². The van der Waals surface area contributed by atoms with Gasteiger partial charge in [0.25, 0.3) is 0 Å². The van der Waals surface area contributed by atoms with Crippen molar-refractivity contribution in [3.63, 3.8) is 0 Å². The fourth-order valence-electron chi connectivity index (χ4n) is 1.84. The van der Waals surface area contributed by atoms with Gasteiger partial charge < -0.3 is 15.4 Å². The van der Waals surface area contributed by atoms with Gasteiger partial charge in [-0.25, -0.2) is 4.79 Å². The molecule has 20 heavy (non-hydrogen) atoms. The van der Waals surface area contributed by atoms with E-state index in [0.717, 1.165) is 24.2 Å². The van der Waals surface area contributed by atoms with E-state index < -0.39 is 0 Å². The molecule has 0 saturated carbocycles. The molecule has 0 saturated heterocycles. The minimum Gasteiger partial charge on any atom is -0.491 e. The minimum absolute atomic E-state index is 0.0488. The van der Waals surface area contributed by atoms with E-state index in [4.69, 9.17) is 4.74 Å². The zero-order valence-corrected chi connectivity index (χ0v) is 12.9. The molecule has 0 aliphatic heterocycles. The van der Waals surface area contributed by atoms with Crippen LogP contribution in [0.15, 0.2) is 24.3 Å². The number of nitrogens with one attached hydrogen (secondary N) is 2. The Balaban J connectivity index is 2.54. The predicted octanol–water partition coefficient (Wildman–Crippen LogP) is 3.63. The summed E-state index contributed by atoms with van der Waals surface area (Å²) in [6.07, 6.45) is 2.22. The van der Waals surface area contributed by atoms with E-state index in [-0.39, 0.29) is 18.2 Å². The van der Waals surface area contributed by atoms with Crippen LogP contribution in [0.2, 0.25) is 0 Å². The highest BCUT2D eigenvalue weighted by atomic mass is 16.5. The Morgan fingerprint density at radius 1 is 1.30 bits per heavy atom. The normalized spacial score (nSPS) is 12.1. The smallest absolute Gasteiger partial charge is 0.315 e. The average Bonchev–Trinajstić information content (AvgIpc) is 2.38. The van der Waals surface area contributed by atoms with E-state index >= 15 is 0 Å². The van der Waals surface area contributed by atoms with Crippen molar-refractivity contribution in [1.29, 1.82) is 0 Å². The Kier molecular flexibility index (Phi) is 6.91. The van der Waals surface area contributed by atoms with Gasteiger partial charge in [-0.1, -0.05) is 25.5 Å². The van der Waals surface area contributed by atoms with Crippen molar-refractivity contribution in [2.24, 2.45) is 0 Å². The third kappa shape index (κ3) is 5.95. The Morgan fingerprint density at radius 3 is 2.70 bits per heavy atom. The molecule has 0 heterocycles. The van der Waals surface area contributed by atoms with E-state index in [1.807, 2.05) is 45.0 Å². The average molecular weight is 278 g/mol. The fraction of sp³-hybridized carbons (Fsp3) is 0.562. The molecule has 0 aliphatic rings. The molecular formula is C16H26N2O2. The molecule has 0 radical (unpaired) electrons. The van der Waals surface area contributed by atoms with Crippen molar-refractivity contribution in [1.82, 2.24) is 10.6 Å². The lowest BCUT2D eigenvalue weighted by molar-refractivity contribution is 0.236. The molecule has 1 rings (SSSR count). The van der Waals surface area contributed by atoms with Gasteiger partial charge in [-0.15, -0.1) is 0 Å². The van der Waals surface area contributed by atoms with Crippen molar-refractivity contribution in [3.8, 4) is 5.75 Å². The molecule has 2 N–H and O–H groups in total. The first-order valence-corrected chi connectivity index (χ1v) is 7.34. The summed E-state index contributed by atoms with van der Waals surface area (Å²) in [5.74, 6) is 0.831. The molecule has 2 amide bonds. The number of rotatable bonds is 7. The molecule has 4 nitrogen and oxygen atoms in total. The molecule has 1 unspecified atom stereocenters. The SMILES string of the molecule is CCCCNC(=O)NC(C)c1cccc(OC(C)C)c1. The molecule has 0 bridgehead atoms. The summed E-state index contributed by atoms with van der Waals surface area (Å²) < 4.78 is 5.66. The van der Waals surface area contributed by atoms with Crippen LogP contribution in [0.3, 0.4) is 0 Å². The molecule has 1 atom stereocenters. The van der Waals surface area contributed by atoms with Crippen LogP contribution in [-0.4, -0.2) is 18.7 Å². The van der Waals surface area contributed by atoms with Crippen LogP contribution >= 0.6 is 0 Å². The molecule has 4 heteroatoms. The second kappa shape index (κ2) is 8.46. The minimum atomic E-state index is -0.124. The first-order valence-electron chi connectivity index (χ1n) is 7.34. The summed E-state index contributed by atoms with van der Waals surface area (Å²) in [5, 5.41) is 5.78. The van der Waals surface area contributed by atoms with Gasteiger partial charge in [0, 0.05) is 6.54 Å². The van der Waals surface area contributed by atoms with E-state index in [9.17, 15) is 4.79 Å². The summed E-state index contributed by atoms with van der Waals surface area (Å²) in [6.45, 7) is 8.77. The van der Waals surface area contributed by atoms with Crippen molar-refractivity contribution in [2.75, 3.05) is 6.54 Å². The van der Waals surface area contributed by atoms with Gasteiger partial charge in [-0.2, -0.15) is 0 Å². The first kappa shape index (κ1) is 16.3. The van der Waals surface area contributed by atoms with E-state index in [1.165, 1.54) is 0 Å². The lowest BCUT2D eigenvalue weighted by atomic mass is 10.1. The summed E-state index contributed by atoms with van der Waals surface area (Å²) in [6, 6.07) is 7.66. The number of benzene rings is 1. The van der Waals surface area contributed by atoms with Crippen molar-refractivity contribution in [2.45, 2.75) is 52.7 Å². The standard InChI is InChI=1S/C16H26N2O2/c1-5-6-10-17-16(19)18-13(4)14-8-7-9-15(11-14)20-12(2)3/h7-9,11-13H,5-6,10H2,1-4H3,(H2,17,18,19). The molecule has 0 aromatic heterocycles. The van der Waals surface area contributed by atoms with E-state index in [2.05, 4.69) is 17.6 Å². The number of hydrogen-bond acceptors (Lipinski definition) is 2. The fourth-order valence-corrected chi connectivity index (χ4v) is 1.84. The first-order chi connectivity index (χ1) is 9.52. The summed E-state index contributed by atoms with van der Waals surface area (Å²) in [7, 11) is 0. The maximum atomic E-state index is 11.7. The van der Waals surface area contributed by atoms with Crippen molar-refractivity contribution < 1.29 is 9.53 Å². The lowest BCUT2D eigenvalue weighted by Gasteiger charge is -2.17. The van der Waals surface area contributed by atoms with Crippen LogP contribution < -0.4 is 15.4 Å². The quantitative estimate of drug-likeness (QED) is 0.748. The molecule has 1 aromatic rings. The van der Waals surface area contributed by atoms with E-state index in [1.54, 1.807) is 0 Å². The predicted molar refractivity (Wildman–Crippen MR) is 82.1 cm³/mol. The number of amides is 2. The van der Waals surface area contributed by atoms with E-state index in [0.29, 0.717) is 6.54 Å². The van der Waals surface area contributed by atoms with Crippen molar-refractivity contribution >= 4 is 6.03 Å². The van der Waals surface area contributed by atoms with Gasteiger partial charge >= 0.3 is 6.03 Å². The largest absolute Gasteiger partial charge is 0.491 e. The zero-order chi connectivity index (χ0) is 15.0. The van der Waals surface area contributed by atoms with Crippen LogP contribution in [0.25, 0.3) is 0 Å². The van der Waals surface area contributed by atoms with Crippen molar-refractivity contribution in [3.05, 3.63) is 29.8 Å². The molecule has 0 spiro atoms. The number of carbonyl (C=O) groups is 1. The third-order valence-corrected chi connectivity index (χ3v) is 2.89. The third-order valence-electron chi connectivity index (χ3n) is 2.89. The van der Waals surface area contributed by atoms with Gasteiger partial charge in [-0.05, 0) is 44.9 Å². The topological polar surface area (TPSA) is 50.4 Å². The molecule has 0 fully saturated rings. The van der Waals surface area contributed by atoms with Gasteiger partial charge in [-0.3, -0.25) is 0 Å². The Labute approximate surface area is 121 Å². The summed E-state index contributed by atoms with van der Waals surface area (Å²) in [4.78, 5) is 11.7. The maximum absolute atomic E-state index is 11.7. The molecule has 1 aromatic carbocycles. The highest BCUT2D eigenvalue weighted by Crippen LogP contribution is 2.19. The molecular weight excluding hydrogens is 252 g/mol. The van der Waals surface area contributed by atoms with Crippen LogP contribution in [0.5, 0.6) is 5.75 Å². The monoisotopic (exact) mass is 278 g/mol. The van der Waals surface area contributed by atoms with Gasteiger partial charge in [0.15, 0.2) is 0 Å². The van der Waals surface area contributed by atoms with Gasteiger partial charge in [0.2, 0.25) is 0 Å². The zero-order valence-electron chi connectivity index (χ0n) is 12.9. The number of unbranched alkanes of at least 4 members (excludes halogenated alkanes) is 1. The van der Waals surface area contributed by atoms with Crippen LogP contribution in [0.4, 0.5) is 4.79 Å². The highest BCUT2D eigenvalue weighted by molar-refractivity contribution is 5.74. The second-order valence-corrected chi connectivity index (χ2v) is 5.21. The van der Waals surface area contributed by atoms with Crippen LogP contribution in [0.1, 0.15) is 52.1 Å². The Hall–Kier alpha value is -1.71. The Morgan fingerprint density at radius 2 is 2.05 bits per heavy atom. The Bertz CT molecular complexity index is 419. The van der Waals surface area contributed by atoms with Crippen LogP contribution in [0, 0.1) is 0 Å². The molecule has 0 aliphatic carbocycles. The maximum Gasteiger partial charge on any atom is 0.315 e. The highest BCUT2D eigenvalue weighted by Gasteiger charge is 2.10. The second-order valence-electron chi connectivity index (χ2n) is 5.21. The number of carbonyl (C=O) groups excluding carboxylic acids is 1. The van der Waals surface area contributed by atoms with Crippen LogP contribution in [-0.2, 0) is 0 Å². The number of ether oxygens (including phenoxy) is 1. The lowest BCUT2D eigenvalue weighted by Crippen LogP contribution is -2.37. The number of urea groups is 1. The number of hydrogen-bond donors (Lipinski definition) is 2.